The lowest BCUT2D eigenvalue weighted by atomic mass is 10.0. The van der Waals surface area contributed by atoms with Crippen LogP contribution in [0, 0.1) is 18.6 Å². The maximum atomic E-state index is 14.4. The van der Waals surface area contributed by atoms with E-state index in [4.69, 9.17) is 0 Å². The molecule has 4 rings (SSSR count). The molecule has 3 aromatic rings. The molecule has 2 aromatic carbocycles. The number of hydrogen-bond donors (Lipinski definition) is 3. The number of amides is 1. The lowest BCUT2D eigenvalue weighted by Gasteiger charge is -2.24. The highest BCUT2D eigenvalue weighted by Gasteiger charge is 2.30. The Labute approximate surface area is 169 Å². The lowest BCUT2D eigenvalue weighted by Crippen LogP contribution is -2.26. The third-order valence-electron chi connectivity index (χ3n) is 4.67. The molecule has 2 heterocycles. The number of carbonyl (C=O) groups excluding carboxylic acids is 1. The van der Waals surface area contributed by atoms with E-state index in [2.05, 4.69) is 15.7 Å². The molecule has 1 aromatic heterocycles. The summed E-state index contributed by atoms with van der Waals surface area (Å²) in [5, 5.41) is 19.0. The number of aryl methyl sites for hydroxylation is 1. The number of nitrogens with one attached hydrogen (secondary N) is 2. The van der Waals surface area contributed by atoms with Gasteiger partial charge in [-0.15, -0.1) is 0 Å². The van der Waals surface area contributed by atoms with E-state index in [9.17, 15) is 23.5 Å². The van der Waals surface area contributed by atoms with Crippen LogP contribution in [0.5, 0.6) is 0 Å². The summed E-state index contributed by atoms with van der Waals surface area (Å²) in [5.74, 6) is -3.32. The quantitative estimate of drug-likeness (QED) is 0.610. The second-order valence-corrected chi connectivity index (χ2v) is 6.80. The van der Waals surface area contributed by atoms with Crippen LogP contribution in [-0.2, 0) is 4.79 Å². The molecule has 3 N–H and O–H groups in total. The zero-order valence-corrected chi connectivity index (χ0v) is 15.7. The first-order valence-corrected chi connectivity index (χ1v) is 8.96. The first-order valence-electron chi connectivity index (χ1n) is 8.96. The third-order valence-corrected chi connectivity index (χ3v) is 4.67. The maximum Gasteiger partial charge on any atom is 0.352 e. The van der Waals surface area contributed by atoms with Crippen molar-refractivity contribution in [2.45, 2.75) is 13.0 Å². The Hall–Kier alpha value is -4.01. The van der Waals surface area contributed by atoms with Crippen LogP contribution in [0.3, 0.4) is 0 Å². The number of carboxylic acids is 1. The van der Waals surface area contributed by atoms with E-state index in [0.29, 0.717) is 11.8 Å². The van der Waals surface area contributed by atoms with Crippen molar-refractivity contribution in [3.05, 3.63) is 88.8 Å². The molecule has 0 unspecified atom stereocenters. The van der Waals surface area contributed by atoms with Crippen LogP contribution in [0.25, 0.3) is 0 Å². The van der Waals surface area contributed by atoms with Gasteiger partial charge in [0, 0.05) is 17.3 Å². The van der Waals surface area contributed by atoms with Gasteiger partial charge < -0.3 is 15.7 Å². The molecule has 1 atom stereocenters. The Morgan fingerprint density at radius 1 is 1.20 bits per heavy atom. The number of rotatable bonds is 4. The van der Waals surface area contributed by atoms with E-state index in [1.807, 2.05) is 13.0 Å². The summed E-state index contributed by atoms with van der Waals surface area (Å²) < 4.78 is 29.0. The molecule has 1 aliphatic rings. The minimum absolute atomic E-state index is 0.0200. The fourth-order valence-electron chi connectivity index (χ4n) is 3.27. The van der Waals surface area contributed by atoms with Gasteiger partial charge in [-0.3, -0.25) is 4.79 Å². The van der Waals surface area contributed by atoms with E-state index in [0.717, 1.165) is 11.6 Å². The van der Waals surface area contributed by atoms with Crippen molar-refractivity contribution >= 4 is 23.4 Å². The Bertz CT molecular complexity index is 1200. The molecule has 7 nitrogen and oxygen atoms in total. The van der Waals surface area contributed by atoms with Gasteiger partial charge in [0.1, 0.15) is 34.8 Å². The molecular formula is C21H16F2N4O3. The summed E-state index contributed by atoms with van der Waals surface area (Å²) in [6, 6.07) is 9.18. The van der Waals surface area contributed by atoms with Crippen LogP contribution in [0.15, 0.2) is 60.4 Å². The highest BCUT2D eigenvalue weighted by atomic mass is 19.1. The zero-order chi connectivity index (χ0) is 21.4. The molecule has 1 amide bonds. The number of halogens is 2. The van der Waals surface area contributed by atoms with Gasteiger partial charge in [-0.05, 0) is 36.8 Å². The number of nitrogens with zero attached hydrogens (tertiary/aromatic N) is 2. The van der Waals surface area contributed by atoms with Gasteiger partial charge in [-0.1, -0.05) is 18.2 Å². The van der Waals surface area contributed by atoms with Crippen LogP contribution < -0.4 is 10.6 Å². The van der Waals surface area contributed by atoms with Gasteiger partial charge >= 0.3 is 5.97 Å². The molecular weight excluding hydrogens is 394 g/mol. The number of fused-ring (bicyclic) bond motifs is 1. The molecule has 0 aliphatic carbocycles. The van der Waals surface area contributed by atoms with Crippen molar-refractivity contribution in [2.24, 2.45) is 0 Å². The summed E-state index contributed by atoms with van der Waals surface area (Å²) in [5.41, 5.74) is 1.36. The fourth-order valence-corrected chi connectivity index (χ4v) is 3.27. The van der Waals surface area contributed by atoms with E-state index >= 15 is 0 Å². The van der Waals surface area contributed by atoms with Gasteiger partial charge in [0.2, 0.25) is 0 Å². The van der Waals surface area contributed by atoms with E-state index < -0.39 is 29.6 Å². The zero-order valence-electron chi connectivity index (χ0n) is 15.7. The Balaban J connectivity index is 1.75. The summed E-state index contributed by atoms with van der Waals surface area (Å²) in [6.45, 7) is 1.88. The molecule has 0 saturated heterocycles. The standard InChI is InChI=1S/C21H16F2N4O3/c1-11-3-2-4-13(7-11)25-20(28)15-10-24-27-18(9-17(21(29)30)26-19(15)27)14-6-5-12(22)8-16(14)23/h2-10,18,26H,1H3,(H,25,28)(H,29,30)/t18-/m0/s1. The minimum atomic E-state index is -1.29. The number of anilines is 2. The van der Waals surface area contributed by atoms with Gasteiger partial charge in [0.15, 0.2) is 0 Å². The molecule has 0 saturated carbocycles. The van der Waals surface area contributed by atoms with Crippen LogP contribution in [0.1, 0.15) is 27.5 Å². The molecule has 1 aliphatic heterocycles. The number of aromatic nitrogens is 2. The highest BCUT2D eigenvalue weighted by molar-refractivity contribution is 6.08. The van der Waals surface area contributed by atoms with Crippen LogP contribution >= 0.6 is 0 Å². The summed E-state index contributed by atoms with van der Waals surface area (Å²) in [7, 11) is 0. The van der Waals surface area contributed by atoms with Gasteiger partial charge in [-0.2, -0.15) is 5.10 Å². The largest absolute Gasteiger partial charge is 0.477 e. The van der Waals surface area contributed by atoms with Crippen molar-refractivity contribution in [3.8, 4) is 0 Å². The van der Waals surface area contributed by atoms with Gasteiger partial charge in [0.25, 0.3) is 5.91 Å². The van der Waals surface area contributed by atoms with Gasteiger partial charge in [-0.25, -0.2) is 18.3 Å². The van der Waals surface area contributed by atoms with Crippen LogP contribution in [0.4, 0.5) is 20.3 Å². The fraction of sp³-hybridized carbons (Fsp3) is 0.0952. The SMILES string of the molecule is Cc1cccc(NC(=O)c2cnn3c2NC(C(=O)O)=C[C@H]3c2ccc(F)cc2F)c1. The third kappa shape index (κ3) is 3.52. The lowest BCUT2D eigenvalue weighted by molar-refractivity contribution is -0.132. The van der Waals surface area contributed by atoms with Crippen molar-refractivity contribution in [3.63, 3.8) is 0 Å². The molecule has 9 heteroatoms. The smallest absolute Gasteiger partial charge is 0.352 e. The van der Waals surface area contributed by atoms with E-state index in [1.54, 1.807) is 18.2 Å². The number of carboxylic acid groups (broad SMARTS) is 1. The second-order valence-electron chi connectivity index (χ2n) is 6.80. The average molecular weight is 410 g/mol. The molecule has 0 spiro atoms. The monoisotopic (exact) mass is 410 g/mol. The molecule has 0 bridgehead atoms. The predicted molar refractivity (Wildman–Crippen MR) is 105 cm³/mol. The van der Waals surface area contributed by atoms with Crippen LogP contribution in [-0.4, -0.2) is 26.8 Å². The number of carbonyl (C=O) groups is 2. The van der Waals surface area contributed by atoms with Crippen molar-refractivity contribution in [1.82, 2.24) is 9.78 Å². The molecule has 0 fully saturated rings. The summed E-state index contributed by atoms with van der Waals surface area (Å²) in [6.07, 6.45) is 2.52. The first kappa shape index (κ1) is 19.3. The van der Waals surface area contributed by atoms with E-state index in [-0.39, 0.29) is 22.6 Å². The topological polar surface area (TPSA) is 96.3 Å². The Kier molecular flexibility index (Phi) is 4.78. The minimum Gasteiger partial charge on any atom is -0.477 e. The van der Waals surface area contributed by atoms with Crippen molar-refractivity contribution < 1.29 is 23.5 Å². The van der Waals surface area contributed by atoms with E-state index in [1.165, 1.54) is 23.0 Å². The second kappa shape index (κ2) is 7.43. The van der Waals surface area contributed by atoms with Gasteiger partial charge in [0.05, 0.1) is 6.20 Å². The number of allylic oxidation sites excluding steroid dienone is 1. The molecule has 152 valence electrons. The number of benzene rings is 2. The normalized spacial score (nSPS) is 15.0. The molecule has 30 heavy (non-hydrogen) atoms. The first-order chi connectivity index (χ1) is 14.3. The summed E-state index contributed by atoms with van der Waals surface area (Å²) >= 11 is 0. The Morgan fingerprint density at radius 2 is 2.00 bits per heavy atom. The van der Waals surface area contributed by atoms with Crippen molar-refractivity contribution in [1.29, 1.82) is 0 Å². The van der Waals surface area contributed by atoms with Crippen molar-refractivity contribution in [2.75, 3.05) is 10.6 Å². The number of aliphatic carboxylic acids is 1. The highest BCUT2D eigenvalue weighted by Crippen LogP contribution is 2.33. The number of hydrogen-bond acceptors (Lipinski definition) is 4. The Morgan fingerprint density at radius 3 is 2.70 bits per heavy atom. The summed E-state index contributed by atoms with van der Waals surface area (Å²) in [4.78, 5) is 24.4. The molecule has 0 radical (unpaired) electrons. The predicted octanol–water partition coefficient (Wildman–Crippen LogP) is 3.71. The maximum absolute atomic E-state index is 14.4. The average Bonchev–Trinajstić information content (AvgIpc) is 3.11. The van der Waals surface area contributed by atoms with Crippen LogP contribution in [0.2, 0.25) is 0 Å².